The van der Waals surface area contributed by atoms with Crippen LogP contribution in [-0.4, -0.2) is 47.5 Å². The van der Waals surface area contributed by atoms with Crippen molar-refractivity contribution in [3.05, 3.63) is 35.4 Å². The van der Waals surface area contributed by atoms with Crippen LogP contribution in [0.25, 0.3) is 0 Å². The highest BCUT2D eigenvalue weighted by Crippen LogP contribution is 2.25. The summed E-state index contributed by atoms with van der Waals surface area (Å²) in [4.78, 5) is 39.8. The number of unbranched alkanes of at least 4 members (excludes halogenated alkanes) is 2. The molecule has 7 nitrogen and oxygen atoms in total. The van der Waals surface area contributed by atoms with Crippen LogP contribution in [0.2, 0.25) is 0 Å². The van der Waals surface area contributed by atoms with Crippen LogP contribution in [-0.2, 0) is 14.3 Å². The maximum absolute atomic E-state index is 13.2. The molecule has 0 aliphatic rings. The predicted octanol–water partition coefficient (Wildman–Crippen LogP) is 4.10. The molecule has 0 radical (unpaired) electrons. The Balaban J connectivity index is 3.07. The minimum atomic E-state index is -0.783. The van der Waals surface area contributed by atoms with Gasteiger partial charge in [-0.1, -0.05) is 49.6 Å². The number of amides is 3. The summed E-state index contributed by atoms with van der Waals surface area (Å²) in [6, 6.07) is 6.57. The van der Waals surface area contributed by atoms with Gasteiger partial charge in [0.05, 0.1) is 0 Å². The van der Waals surface area contributed by atoms with Gasteiger partial charge in [-0.2, -0.15) is 0 Å². The SMILES string of the molecule is CCCCCNC(=O)C(c1cccc(C)c1)N(C(=O)CNC(=O)OC(C)(C)C)C(C)C. The number of rotatable bonds is 10. The molecule has 0 saturated carbocycles. The summed E-state index contributed by atoms with van der Waals surface area (Å²) < 4.78 is 5.21. The molecule has 1 aromatic carbocycles. The van der Waals surface area contributed by atoms with Crippen LogP contribution in [0.5, 0.6) is 0 Å². The summed E-state index contributed by atoms with van der Waals surface area (Å²) in [6.07, 6.45) is 2.31. The topological polar surface area (TPSA) is 87.7 Å². The van der Waals surface area contributed by atoms with Crippen LogP contribution < -0.4 is 10.6 Å². The fraction of sp³-hybridized carbons (Fsp3) is 0.625. The number of nitrogens with one attached hydrogen (secondary N) is 2. The minimum absolute atomic E-state index is 0.221. The third-order valence-electron chi connectivity index (χ3n) is 4.59. The number of nitrogens with zero attached hydrogens (tertiary/aromatic N) is 1. The molecule has 0 spiro atoms. The van der Waals surface area contributed by atoms with E-state index in [0.29, 0.717) is 6.54 Å². The van der Waals surface area contributed by atoms with Crippen LogP contribution in [0.4, 0.5) is 4.79 Å². The van der Waals surface area contributed by atoms with E-state index in [2.05, 4.69) is 17.6 Å². The van der Waals surface area contributed by atoms with Gasteiger partial charge in [0.25, 0.3) is 0 Å². The Morgan fingerprint density at radius 1 is 1.10 bits per heavy atom. The normalized spacial score (nSPS) is 12.3. The average molecular weight is 434 g/mol. The van der Waals surface area contributed by atoms with Crippen molar-refractivity contribution in [2.75, 3.05) is 13.1 Å². The molecule has 0 heterocycles. The zero-order valence-corrected chi connectivity index (χ0v) is 20.1. The van der Waals surface area contributed by atoms with E-state index < -0.39 is 17.7 Å². The van der Waals surface area contributed by atoms with Crippen molar-refractivity contribution >= 4 is 17.9 Å². The number of hydrogen-bond acceptors (Lipinski definition) is 4. The summed E-state index contributed by atoms with van der Waals surface area (Å²) in [5.41, 5.74) is 1.09. The second-order valence-corrected chi connectivity index (χ2v) is 9.07. The van der Waals surface area contributed by atoms with Crippen molar-refractivity contribution < 1.29 is 19.1 Å². The Morgan fingerprint density at radius 2 is 1.77 bits per heavy atom. The molecule has 31 heavy (non-hydrogen) atoms. The van der Waals surface area contributed by atoms with Gasteiger partial charge in [-0.05, 0) is 53.5 Å². The van der Waals surface area contributed by atoms with E-state index in [1.807, 2.05) is 45.0 Å². The molecule has 1 atom stereocenters. The molecular formula is C24H39N3O4. The third-order valence-corrected chi connectivity index (χ3v) is 4.59. The van der Waals surface area contributed by atoms with Gasteiger partial charge in [0, 0.05) is 12.6 Å². The van der Waals surface area contributed by atoms with Crippen molar-refractivity contribution in [1.82, 2.24) is 15.5 Å². The van der Waals surface area contributed by atoms with E-state index in [4.69, 9.17) is 4.74 Å². The standard InChI is InChI=1S/C24H39N3O4/c1-8-9-10-14-25-22(29)21(19-13-11-12-18(4)15-19)27(17(2)3)20(28)16-26-23(30)31-24(5,6)7/h11-13,15,17,21H,8-10,14,16H2,1-7H3,(H,25,29)(H,26,30). The Hall–Kier alpha value is -2.57. The van der Waals surface area contributed by atoms with Crippen molar-refractivity contribution in [3.63, 3.8) is 0 Å². The zero-order chi connectivity index (χ0) is 23.6. The van der Waals surface area contributed by atoms with Crippen LogP contribution in [0.15, 0.2) is 24.3 Å². The molecule has 3 amide bonds. The number of hydrogen-bond donors (Lipinski definition) is 2. The molecule has 1 unspecified atom stereocenters. The van der Waals surface area contributed by atoms with Gasteiger partial charge in [0.2, 0.25) is 11.8 Å². The van der Waals surface area contributed by atoms with Gasteiger partial charge < -0.3 is 20.3 Å². The lowest BCUT2D eigenvalue weighted by Gasteiger charge is -2.35. The molecule has 0 aromatic heterocycles. The fourth-order valence-corrected chi connectivity index (χ4v) is 3.25. The third kappa shape index (κ3) is 9.40. The molecule has 2 N–H and O–H groups in total. The van der Waals surface area contributed by atoms with Gasteiger partial charge in [0.1, 0.15) is 18.2 Å². The van der Waals surface area contributed by atoms with Crippen molar-refractivity contribution in [2.24, 2.45) is 0 Å². The summed E-state index contributed by atoms with van der Waals surface area (Å²) in [6.45, 7) is 13.3. The molecule has 0 saturated heterocycles. The highest BCUT2D eigenvalue weighted by atomic mass is 16.6. The van der Waals surface area contributed by atoms with E-state index >= 15 is 0 Å². The monoisotopic (exact) mass is 433 g/mol. The molecular weight excluding hydrogens is 394 g/mol. The first-order valence-corrected chi connectivity index (χ1v) is 11.1. The van der Waals surface area contributed by atoms with Gasteiger partial charge in [-0.3, -0.25) is 9.59 Å². The zero-order valence-electron chi connectivity index (χ0n) is 20.1. The Bertz CT molecular complexity index is 741. The maximum atomic E-state index is 13.2. The first-order valence-electron chi connectivity index (χ1n) is 11.1. The fourth-order valence-electron chi connectivity index (χ4n) is 3.25. The molecule has 0 aliphatic heterocycles. The average Bonchev–Trinajstić information content (AvgIpc) is 2.65. The molecule has 7 heteroatoms. The lowest BCUT2D eigenvalue weighted by molar-refractivity contribution is -0.142. The molecule has 1 aromatic rings. The number of carbonyl (C=O) groups is 3. The maximum Gasteiger partial charge on any atom is 0.408 e. The van der Waals surface area contributed by atoms with E-state index in [1.54, 1.807) is 20.8 Å². The summed E-state index contributed by atoms with van der Waals surface area (Å²) in [5, 5.41) is 5.48. The quantitative estimate of drug-likeness (QED) is 0.544. The molecule has 1 rings (SSSR count). The number of aryl methyl sites for hydroxylation is 1. The minimum Gasteiger partial charge on any atom is -0.444 e. The summed E-state index contributed by atoms with van der Waals surface area (Å²) in [7, 11) is 0. The van der Waals surface area contributed by atoms with Crippen LogP contribution in [0.3, 0.4) is 0 Å². The molecule has 174 valence electrons. The van der Waals surface area contributed by atoms with Crippen molar-refractivity contribution in [2.45, 2.75) is 85.4 Å². The number of ether oxygens (including phenoxy) is 1. The number of alkyl carbamates (subject to hydrolysis) is 1. The van der Waals surface area contributed by atoms with E-state index in [0.717, 1.165) is 30.4 Å². The largest absolute Gasteiger partial charge is 0.444 e. The van der Waals surface area contributed by atoms with Gasteiger partial charge >= 0.3 is 6.09 Å². The van der Waals surface area contributed by atoms with Gasteiger partial charge in [-0.15, -0.1) is 0 Å². The van der Waals surface area contributed by atoms with Crippen LogP contribution >= 0.6 is 0 Å². The smallest absolute Gasteiger partial charge is 0.408 e. The van der Waals surface area contributed by atoms with E-state index in [1.165, 1.54) is 4.90 Å². The Morgan fingerprint density at radius 3 is 2.32 bits per heavy atom. The first-order chi connectivity index (χ1) is 14.5. The lowest BCUT2D eigenvalue weighted by Crippen LogP contribution is -2.50. The first kappa shape index (κ1) is 26.5. The van der Waals surface area contributed by atoms with Crippen LogP contribution in [0, 0.1) is 6.92 Å². The Labute approximate surface area is 186 Å². The predicted molar refractivity (Wildman–Crippen MR) is 123 cm³/mol. The van der Waals surface area contributed by atoms with Gasteiger partial charge in [-0.25, -0.2) is 4.79 Å². The lowest BCUT2D eigenvalue weighted by atomic mass is 10.0. The number of carbonyl (C=O) groups excluding carboxylic acids is 3. The second kappa shape index (κ2) is 12.3. The van der Waals surface area contributed by atoms with E-state index in [-0.39, 0.29) is 24.4 Å². The van der Waals surface area contributed by atoms with Crippen LogP contribution in [0.1, 0.15) is 78.0 Å². The highest BCUT2D eigenvalue weighted by molar-refractivity contribution is 5.90. The Kier molecular flexibility index (Phi) is 10.5. The summed E-state index contributed by atoms with van der Waals surface area (Å²) in [5.74, 6) is -0.572. The molecule has 0 aliphatic carbocycles. The van der Waals surface area contributed by atoms with Crippen molar-refractivity contribution in [3.8, 4) is 0 Å². The van der Waals surface area contributed by atoms with Gasteiger partial charge in [0.15, 0.2) is 0 Å². The summed E-state index contributed by atoms with van der Waals surface area (Å²) >= 11 is 0. The number of benzene rings is 1. The molecule has 0 bridgehead atoms. The molecule has 0 fully saturated rings. The van der Waals surface area contributed by atoms with E-state index in [9.17, 15) is 14.4 Å². The second-order valence-electron chi connectivity index (χ2n) is 9.07. The van der Waals surface area contributed by atoms with Crippen molar-refractivity contribution in [1.29, 1.82) is 0 Å². The highest BCUT2D eigenvalue weighted by Gasteiger charge is 2.33.